The quantitative estimate of drug-likeness (QED) is 0.813. The number of piperidine rings is 1. The Hall–Kier alpha value is -3.40. The van der Waals surface area contributed by atoms with Crippen molar-refractivity contribution < 1.29 is 9.18 Å². The van der Waals surface area contributed by atoms with E-state index in [-0.39, 0.29) is 12.5 Å². The van der Waals surface area contributed by atoms with Gasteiger partial charge in [0.1, 0.15) is 5.84 Å². The summed E-state index contributed by atoms with van der Waals surface area (Å²) in [5, 5.41) is 12.0. The lowest BCUT2D eigenvalue weighted by Gasteiger charge is -2.44. The average molecular weight is 363 g/mol. The Bertz CT molecular complexity index is 965. The van der Waals surface area contributed by atoms with Gasteiger partial charge in [-0.2, -0.15) is 5.26 Å². The number of nitrogens with zero attached hydrogens (tertiary/aromatic N) is 3. The monoisotopic (exact) mass is 363 g/mol. The molecule has 136 valence electrons. The molecule has 0 saturated carbocycles. The first-order valence-electron chi connectivity index (χ1n) is 8.69. The van der Waals surface area contributed by atoms with E-state index in [1.165, 1.54) is 4.90 Å². The van der Waals surface area contributed by atoms with Crippen LogP contribution in [0.1, 0.15) is 27.9 Å². The number of amidine groups is 1. The number of benzene rings is 2. The molecular weight excluding hydrogens is 345 g/mol. The van der Waals surface area contributed by atoms with E-state index in [9.17, 15) is 4.79 Å². The van der Waals surface area contributed by atoms with Crippen molar-refractivity contribution in [3.63, 3.8) is 0 Å². The molecule has 0 aromatic heterocycles. The summed E-state index contributed by atoms with van der Waals surface area (Å²) >= 11 is 0. The molecule has 2 aromatic rings. The molecule has 2 atom stereocenters. The molecule has 4 rings (SSSR count). The second-order valence-electron chi connectivity index (χ2n) is 6.75. The van der Waals surface area contributed by atoms with Gasteiger partial charge in [-0.1, -0.05) is 12.1 Å². The molecule has 1 saturated heterocycles. The molecule has 3 N–H and O–H groups in total. The molecule has 1 spiro atoms. The van der Waals surface area contributed by atoms with Gasteiger partial charge in [-0.3, -0.25) is 4.79 Å². The maximum Gasteiger partial charge on any atom is 0.253 e. The van der Waals surface area contributed by atoms with Gasteiger partial charge in [0.25, 0.3) is 5.91 Å². The number of nitrogens with one attached hydrogen (secondary N) is 1. The first-order chi connectivity index (χ1) is 13.0. The Morgan fingerprint density at radius 2 is 2.04 bits per heavy atom. The minimum Gasteiger partial charge on any atom is -0.383 e. The minimum atomic E-state index is -1.40. The highest BCUT2D eigenvalue weighted by Gasteiger charge is 2.47. The van der Waals surface area contributed by atoms with Gasteiger partial charge in [0, 0.05) is 29.8 Å². The number of carbonyl (C=O) groups is 1. The zero-order valence-corrected chi connectivity index (χ0v) is 14.5. The van der Waals surface area contributed by atoms with Crippen molar-refractivity contribution in [2.75, 3.05) is 18.4 Å². The number of aliphatic imine (C=N–C) groups is 1. The van der Waals surface area contributed by atoms with Crippen molar-refractivity contribution in [2.24, 2.45) is 10.7 Å². The number of fused-ring (bicyclic) bond motifs is 1. The lowest BCUT2D eigenvalue weighted by atomic mass is 9.91. The largest absolute Gasteiger partial charge is 0.383 e. The molecule has 0 bridgehead atoms. The van der Waals surface area contributed by atoms with Crippen LogP contribution in [0, 0.1) is 11.3 Å². The Balaban J connectivity index is 1.54. The zero-order valence-electron chi connectivity index (χ0n) is 14.5. The Morgan fingerprint density at radius 1 is 1.30 bits per heavy atom. The van der Waals surface area contributed by atoms with Crippen LogP contribution < -0.4 is 11.1 Å². The summed E-state index contributed by atoms with van der Waals surface area (Å²) in [6.45, 7) is 0.274. The zero-order chi connectivity index (χ0) is 19.0. The fourth-order valence-electron chi connectivity index (χ4n) is 3.57. The molecule has 6 nitrogen and oxygen atoms in total. The Labute approximate surface area is 156 Å². The van der Waals surface area contributed by atoms with E-state index in [1.54, 1.807) is 24.3 Å². The topological polar surface area (TPSA) is 94.5 Å². The third-order valence-corrected chi connectivity index (χ3v) is 5.08. The fraction of sp³-hybridized carbons (Fsp3) is 0.250. The van der Waals surface area contributed by atoms with Crippen LogP contribution in [0.3, 0.4) is 0 Å². The summed E-state index contributed by atoms with van der Waals surface area (Å²) in [7, 11) is 0. The highest BCUT2D eigenvalue weighted by molar-refractivity contribution is 6.04. The molecule has 2 heterocycles. The second kappa shape index (κ2) is 6.40. The molecule has 1 amide bonds. The number of nitrogens with two attached hydrogens (primary N) is 1. The predicted molar refractivity (Wildman–Crippen MR) is 100 cm³/mol. The van der Waals surface area contributed by atoms with Crippen LogP contribution in [0.25, 0.3) is 0 Å². The summed E-state index contributed by atoms with van der Waals surface area (Å²) in [6.07, 6.45) is -1.09. The van der Waals surface area contributed by atoms with Crippen LogP contribution in [-0.4, -0.2) is 41.6 Å². The van der Waals surface area contributed by atoms with Crippen LogP contribution >= 0.6 is 0 Å². The summed E-state index contributed by atoms with van der Waals surface area (Å²) < 4.78 is 15.2. The molecule has 2 aliphatic rings. The molecule has 7 heteroatoms. The van der Waals surface area contributed by atoms with Crippen LogP contribution in [0.4, 0.5) is 10.1 Å². The smallest absolute Gasteiger partial charge is 0.253 e. The SMILES string of the molecule is N#Cc1ccc(C(=O)N2CC[C@]3(N=C(N)c4ccccc4N3)[C@H](F)C2)cc1. The minimum absolute atomic E-state index is 0.0786. The summed E-state index contributed by atoms with van der Waals surface area (Å²) in [6, 6.07) is 15.7. The number of rotatable bonds is 1. The van der Waals surface area contributed by atoms with Crippen molar-refractivity contribution in [1.29, 1.82) is 5.26 Å². The van der Waals surface area contributed by atoms with Gasteiger partial charge < -0.3 is 16.0 Å². The van der Waals surface area contributed by atoms with E-state index in [0.717, 1.165) is 11.3 Å². The number of nitriles is 1. The number of halogens is 1. The first kappa shape index (κ1) is 17.0. The van der Waals surface area contributed by atoms with Gasteiger partial charge in [0.2, 0.25) is 0 Å². The van der Waals surface area contributed by atoms with Gasteiger partial charge in [-0.15, -0.1) is 0 Å². The van der Waals surface area contributed by atoms with Gasteiger partial charge >= 0.3 is 0 Å². The summed E-state index contributed by atoms with van der Waals surface area (Å²) in [5.41, 5.74) is 7.32. The van der Waals surface area contributed by atoms with Gasteiger partial charge in [0.15, 0.2) is 11.8 Å². The number of likely N-dealkylation sites (tertiary alicyclic amines) is 1. The lowest BCUT2D eigenvalue weighted by molar-refractivity contribution is 0.0494. The van der Waals surface area contributed by atoms with Gasteiger partial charge in [-0.25, -0.2) is 9.38 Å². The fourth-order valence-corrected chi connectivity index (χ4v) is 3.57. The van der Waals surface area contributed by atoms with E-state index in [0.29, 0.717) is 29.9 Å². The number of amides is 1. The van der Waals surface area contributed by atoms with E-state index in [4.69, 9.17) is 11.0 Å². The van der Waals surface area contributed by atoms with Crippen LogP contribution in [0.2, 0.25) is 0 Å². The number of hydrogen-bond acceptors (Lipinski definition) is 5. The lowest BCUT2D eigenvalue weighted by Crippen LogP contribution is -2.59. The molecule has 0 radical (unpaired) electrons. The second-order valence-corrected chi connectivity index (χ2v) is 6.75. The van der Waals surface area contributed by atoms with Crippen LogP contribution in [-0.2, 0) is 0 Å². The van der Waals surface area contributed by atoms with Crippen molar-refractivity contribution in [2.45, 2.75) is 18.3 Å². The number of para-hydroxylation sites is 1. The van der Waals surface area contributed by atoms with Crippen molar-refractivity contribution in [3.8, 4) is 6.07 Å². The molecule has 0 unspecified atom stereocenters. The molecule has 2 aliphatic heterocycles. The standard InChI is InChI=1S/C20H18FN5O/c21-17-12-26(19(27)14-7-5-13(11-22)6-8-14)10-9-20(17)24-16-4-2-1-3-15(16)18(23)25-20/h1-8,17,24H,9-10,12H2,(H2,23,25)/t17-,20+/m1/s1. The summed E-state index contributed by atoms with van der Waals surface area (Å²) in [4.78, 5) is 18.6. The molecule has 2 aromatic carbocycles. The average Bonchev–Trinajstić information content (AvgIpc) is 2.70. The number of carbonyl (C=O) groups excluding carboxylic acids is 1. The maximum atomic E-state index is 15.2. The molecule has 0 aliphatic carbocycles. The van der Waals surface area contributed by atoms with Crippen molar-refractivity contribution in [1.82, 2.24) is 4.90 Å². The molecular formula is C20H18FN5O. The third-order valence-electron chi connectivity index (χ3n) is 5.08. The predicted octanol–water partition coefficient (Wildman–Crippen LogP) is 2.27. The number of hydrogen-bond donors (Lipinski definition) is 2. The maximum absolute atomic E-state index is 15.2. The molecule has 27 heavy (non-hydrogen) atoms. The third kappa shape index (κ3) is 2.89. The Morgan fingerprint density at radius 3 is 2.74 bits per heavy atom. The number of alkyl halides is 1. The Kier molecular flexibility index (Phi) is 4.04. The van der Waals surface area contributed by atoms with Crippen LogP contribution in [0.5, 0.6) is 0 Å². The van der Waals surface area contributed by atoms with Gasteiger partial charge in [-0.05, 0) is 36.4 Å². The van der Waals surface area contributed by atoms with Crippen molar-refractivity contribution >= 4 is 17.4 Å². The highest BCUT2D eigenvalue weighted by atomic mass is 19.1. The van der Waals surface area contributed by atoms with E-state index >= 15 is 4.39 Å². The van der Waals surface area contributed by atoms with E-state index < -0.39 is 11.8 Å². The van der Waals surface area contributed by atoms with Crippen molar-refractivity contribution in [3.05, 3.63) is 65.2 Å². The van der Waals surface area contributed by atoms with E-state index in [1.807, 2.05) is 30.3 Å². The normalized spacial score (nSPS) is 23.8. The first-order valence-corrected chi connectivity index (χ1v) is 8.69. The van der Waals surface area contributed by atoms with E-state index in [2.05, 4.69) is 10.3 Å². The molecule has 1 fully saturated rings. The van der Waals surface area contributed by atoms with Crippen LogP contribution in [0.15, 0.2) is 53.5 Å². The van der Waals surface area contributed by atoms with Gasteiger partial charge in [0.05, 0.1) is 18.2 Å². The summed E-state index contributed by atoms with van der Waals surface area (Å²) in [5.74, 6) is 0.0454. The highest BCUT2D eigenvalue weighted by Crippen LogP contribution is 2.36. The number of anilines is 1.